The third kappa shape index (κ3) is 3.65. The minimum Gasteiger partial charge on any atom is -0.507 e. The third-order valence-electron chi connectivity index (χ3n) is 7.33. The average Bonchev–Trinajstić information content (AvgIpc) is 2.82. The standard InChI is InChI=1S/C25H27NO9/c1-10(27)25(26)7-13-18(16(8-25)35-17-6-14(28)15(29)9-34-17)24(33)20-19(23(13)32)21(30)11-4-2-3-5-12(11)22(20)31/h2-5,10,14-17,27-29,32-33H,6-9,26H2,1H3/t10?,14-,15-,16?,17+,25+/m1/s1. The van der Waals surface area contributed by atoms with Crippen molar-refractivity contribution >= 4 is 11.6 Å². The van der Waals surface area contributed by atoms with Gasteiger partial charge in [-0.3, -0.25) is 9.59 Å². The van der Waals surface area contributed by atoms with Gasteiger partial charge in [0.1, 0.15) is 17.6 Å². The highest BCUT2D eigenvalue weighted by Crippen LogP contribution is 2.51. The summed E-state index contributed by atoms with van der Waals surface area (Å²) in [5, 5.41) is 52.8. The maximum Gasteiger partial charge on any atom is 0.198 e. The molecule has 0 spiro atoms. The molecule has 2 unspecified atom stereocenters. The van der Waals surface area contributed by atoms with E-state index in [4.69, 9.17) is 15.2 Å². The minimum absolute atomic E-state index is 0.0132. The number of nitrogens with two attached hydrogens (primary N) is 1. The van der Waals surface area contributed by atoms with E-state index in [1.165, 1.54) is 19.1 Å². The lowest BCUT2D eigenvalue weighted by molar-refractivity contribution is -0.239. The Balaban J connectivity index is 1.66. The van der Waals surface area contributed by atoms with E-state index in [0.717, 1.165) is 0 Å². The second-order valence-electron chi connectivity index (χ2n) is 9.59. The molecular formula is C25H27NO9. The van der Waals surface area contributed by atoms with Gasteiger partial charge >= 0.3 is 0 Å². The monoisotopic (exact) mass is 485 g/mol. The SMILES string of the molecule is CC(O)[C@]1(N)Cc2c(O)c3c(c(O)c2C(O[C@H]2C[C@@H](O)[C@H](O)CO2)C1)C(=O)c1ccccc1C3=O. The number of fused-ring (bicyclic) bond motifs is 3. The molecule has 0 saturated carbocycles. The quantitative estimate of drug-likeness (QED) is 0.285. The Bertz CT molecular complexity index is 1230. The van der Waals surface area contributed by atoms with Gasteiger partial charge < -0.3 is 40.7 Å². The predicted molar refractivity (Wildman–Crippen MR) is 120 cm³/mol. The summed E-state index contributed by atoms with van der Waals surface area (Å²) in [4.78, 5) is 26.6. The molecule has 1 heterocycles. The largest absolute Gasteiger partial charge is 0.507 e. The maximum absolute atomic E-state index is 13.3. The van der Waals surface area contributed by atoms with Crippen LogP contribution in [0.15, 0.2) is 24.3 Å². The maximum atomic E-state index is 13.3. The van der Waals surface area contributed by atoms with Crippen LogP contribution in [0, 0.1) is 0 Å². The van der Waals surface area contributed by atoms with Gasteiger partial charge in [-0.2, -0.15) is 0 Å². The van der Waals surface area contributed by atoms with Gasteiger partial charge in [-0.15, -0.1) is 0 Å². The van der Waals surface area contributed by atoms with Crippen LogP contribution in [-0.4, -0.2) is 73.8 Å². The van der Waals surface area contributed by atoms with Crippen LogP contribution >= 0.6 is 0 Å². The number of ether oxygens (including phenoxy) is 2. The predicted octanol–water partition coefficient (Wildman–Crippen LogP) is 0.424. The molecule has 1 fully saturated rings. The van der Waals surface area contributed by atoms with Gasteiger partial charge in [0.2, 0.25) is 0 Å². The lowest BCUT2D eigenvalue weighted by Gasteiger charge is -2.43. The summed E-state index contributed by atoms with van der Waals surface area (Å²) in [6.07, 6.45) is -5.45. The van der Waals surface area contributed by atoms with E-state index in [9.17, 15) is 35.1 Å². The van der Waals surface area contributed by atoms with Crippen molar-refractivity contribution in [1.29, 1.82) is 0 Å². The average molecular weight is 485 g/mol. The van der Waals surface area contributed by atoms with Gasteiger partial charge in [0.25, 0.3) is 0 Å². The summed E-state index contributed by atoms with van der Waals surface area (Å²) in [5.74, 6) is -2.22. The molecule has 7 N–H and O–H groups in total. The van der Waals surface area contributed by atoms with Crippen LogP contribution in [0.4, 0.5) is 0 Å². The molecule has 5 rings (SSSR count). The zero-order chi connectivity index (χ0) is 25.2. The summed E-state index contributed by atoms with van der Waals surface area (Å²) in [6, 6.07) is 6.15. The van der Waals surface area contributed by atoms with Gasteiger partial charge in [0.15, 0.2) is 17.9 Å². The first-order chi connectivity index (χ1) is 16.5. The molecule has 10 heteroatoms. The van der Waals surface area contributed by atoms with Crippen molar-refractivity contribution in [3.8, 4) is 11.5 Å². The van der Waals surface area contributed by atoms with Crippen LogP contribution in [0.1, 0.15) is 68.8 Å². The Kier molecular flexibility index (Phi) is 5.71. The fraction of sp³-hybridized carbons (Fsp3) is 0.440. The summed E-state index contributed by atoms with van der Waals surface area (Å²) < 4.78 is 11.5. The van der Waals surface area contributed by atoms with Crippen molar-refractivity contribution in [2.45, 2.75) is 62.4 Å². The van der Waals surface area contributed by atoms with Gasteiger partial charge in [0, 0.05) is 34.2 Å². The topological polar surface area (TPSA) is 180 Å². The first-order valence-corrected chi connectivity index (χ1v) is 11.4. The number of aliphatic hydroxyl groups excluding tert-OH is 3. The van der Waals surface area contributed by atoms with E-state index < -0.39 is 59.3 Å². The number of hydrogen-bond acceptors (Lipinski definition) is 10. The Morgan fingerprint density at radius 3 is 2.23 bits per heavy atom. The van der Waals surface area contributed by atoms with E-state index in [1.807, 2.05) is 0 Å². The number of ketones is 2. The molecule has 35 heavy (non-hydrogen) atoms. The van der Waals surface area contributed by atoms with E-state index in [-0.39, 0.29) is 59.3 Å². The third-order valence-corrected chi connectivity index (χ3v) is 7.33. The number of phenolic OH excluding ortho intramolecular Hbond substituents is 2. The zero-order valence-corrected chi connectivity index (χ0v) is 19.0. The van der Waals surface area contributed by atoms with Crippen LogP contribution in [0.5, 0.6) is 11.5 Å². The number of carbonyl (C=O) groups is 2. The first kappa shape index (κ1) is 23.9. The number of hydrogen-bond donors (Lipinski definition) is 6. The van der Waals surface area contributed by atoms with Crippen molar-refractivity contribution in [3.05, 3.63) is 57.6 Å². The summed E-state index contributed by atoms with van der Waals surface area (Å²) in [7, 11) is 0. The molecule has 6 atom stereocenters. The number of aromatic hydroxyl groups is 2. The normalized spacial score (nSPS) is 30.9. The second kappa shape index (κ2) is 8.37. The number of rotatable bonds is 3. The highest BCUT2D eigenvalue weighted by Gasteiger charge is 2.47. The van der Waals surface area contributed by atoms with Gasteiger partial charge in [-0.1, -0.05) is 24.3 Å². The molecule has 10 nitrogen and oxygen atoms in total. The first-order valence-electron chi connectivity index (χ1n) is 11.4. The second-order valence-corrected chi connectivity index (χ2v) is 9.59. The van der Waals surface area contributed by atoms with Crippen molar-refractivity contribution < 1.29 is 44.6 Å². The number of phenols is 2. The van der Waals surface area contributed by atoms with Crippen molar-refractivity contribution in [3.63, 3.8) is 0 Å². The Hall–Kier alpha value is -2.86. The highest BCUT2D eigenvalue weighted by molar-refractivity contribution is 6.30. The van der Waals surface area contributed by atoms with E-state index in [0.29, 0.717) is 0 Å². The molecule has 0 aromatic heterocycles. The van der Waals surface area contributed by atoms with E-state index in [1.54, 1.807) is 12.1 Å². The molecule has 3 aliphatic rings. The lowest BCUT2D eigenvalue weighted by atomic mass is 9.70. The Morgan fingerprint density at radius 1 is 1.06 bits per heavy atom. The zero-order valence-electron chi connectivity index (χ0n) is 19.0. The molecule has 2 aliphatic carbocycles. The molecule has 1 aliphatic heterocycles. The molecular weight excluding hydrogens is 458 g/mol. The van der Waals surface area contributed by atoms with Crippen LogP contribution in [0.3, 0.4) is 0 Å². The van der Waals surface area contributed by atoms with Crippen LogP contribution in [-0.2, 0) is 15.9 Å². The Morgan fingerprint density at radius 2 is 1.66 bits per heavy atom. The minimum atomic E-state index is -1.30. The van der Waals surface area contributed by atoms with E-state index in [2.05, 4.69) is 0 Å². The van der Waals surface area contributed by atoms with Crippen molar-refractivity contribution in [1.82, 2.24) is 0 Å². The fourth-order valence-electron chi connectivity index (χ4n) is 5.21. The Labute approximate surface area is 200 Å². The van der Waals surface area contributed by atoms with Crippen LogP contribution < -0.4 is 5.73 Å². The molecule has 1 saturated heterocycles. The summed E-state index contributed by atoms with van der Waals surface area (Å²) in [6.45, 7) is 1.31. The molecule has 0 radical (unpaired) electrons. The molecule has 186 valence electrons. The molecule has 0 bridgehead atoms. The fourth-order valence-corrected chi connectivity index (χ4v) is 5.21. The summed E-state index contributed by atoms with van der Waals surface area (Å²) in [5.41, 5.74) is 4.95. The molecule has 2 aromatic carbocycles. The highest BCUT2D eigenvalue weighted by atomic mass is 16.7. The van der Waals surface area contributed by atoms with Crippen molar-refractivity contribution in [2.24, 2.45) is 5.73 Å². The smallest absolute Gasteiger partial charge is 0.198 e. The van der Waals surface area contributed by atoms with Gasteiger partial charge in [-0.05, 0) is 19.8 Å². The van der Waals surface area contributed by atoms with Crippen LogP contribution in [0.2, 0.25) is 0 Å². The van der Waals surface area contributed by atoms with Crippen molar-refractivity contribution in [2.75, 3.05) is 6.61 Å². The van der Waals surface area contributed by atoms with Crippen LogP contribution in [0.25, 0.3) is 0 Å². The number of carbonyl (C=O) groups excluding carboxylic acids is 2. The number of benzene rings is 2. The summed E-state index contributed by atoms with van der Waals surface area (Å²) >= 11 is 0. The molecule has 2 aromatic rings. The number of aliphatic hydroxyl groups is 3. The van der Waals surface area contributed by atoms with Gasteiger partial charge in [-0.25, -0.2) is 0 Å². The van der Waals surface area contributed by atoms with Gasteiger partial charge in [0.05, 0.1) is 36.0 Å². The molecule has 0 amide bonds. The van der Waals surface area contributed by atoms with E-state index >= 15 is 0 Å². The lowest BCUT2D eigenvalue weighted by Crippen LogP contribution is -2.55.